The van der Waals surface area contributed by atoms with Crippen molar-refractivity contribution in [3.63, 3.8) is 0 Å². The molecule has 1 amide bonds. The number of fused-ring (bicyclic) bond motifs is 4. The van der Waals surface area contributed by atoms with E-state index in [0.717, 1.165) is 29.0 Å². The smallest absolute Gasteiger partial charge is 0.268 e. The maximum absolute atomic E-state index is 12.5. The molecule has 0 aliphatic carbocycles. The average molecular weight is 503 g/mol. The Kier molecular flexibility index (Phi) is 6.45. The fourth-order valence-corrected chi connectivity index (χ4v) is 4.52. The van der Waals surface area contributed by atoms with Crippen LogP contribution in [0.4, 0.5) is 0 Å². The average Bonchev–Trinajstić information content (AvgIpc) is 3.10. The Morgan fingerprint density at radius 1 is 1.16 bits per heavy atom. The largest absolute Gasteiger partial charge is 0.484 e. The zero-order chi connectivity index (χ0) is 25.0. The molecule has 2 aromatic rings. The van der Waals surface area contributed by atoms with Gasteiger partial charge in [0, 0.05) is 37.0 Å². The van der Waals surface area contributed by atoms with Gasteiger partial charge >= 0.3 is 0 Å². The summed E-state index contributed by atoms with van der Waals surface area (Å²) in [5.74, 6) is 2.49. The first-order valence-electron chi connectivity index (χ1n) is 12.3. The number of pyridine rings is 1. The summed E-state index contributed by atoms with van der Waals surface area (Å²) in [5, 5.41) is 0. The summed E-state index contributed by atoms with van der Waals surface area (Å²) in [5.41, 5.74) is 3.09. The molecule has 1 aromatic carbocycles. The summed E-state index contributed by atoms with van der Waals surface area (Å²) in [4.78, 5) is 27.1. The van der Waals surface area contributed by atoms with Gasteiger partial charge in [0.1, 0.15) is 25.1 Å². The van der Waals surface area contributed by atoms with Gasteiger partial charge in [-0.1, -0.05) is 0 Å². The molecule has 0 radical (unpaired) electrons. The van der Waals surface area contributed by atoms with Gasteiger partial charge in [-0.3, -0.25) is 4.79 Å². The van der Waals surface area contributed by atoms with Crippen molar-refractivity contribution in [1.29, 1.82) is 0 Å². The minimum Gasteiger partial charge on any atom is -0.484 e. The standard InChI is InChI=1S/C27H26N4O6/c32-24-15-31-10-6-18-13-19(35-17-26-28-9-2-11-33-26)4-5-21(18)22(31)14-25(30-24)34-12-7-20-16-36-27-23(37-20)3-1-8-29-27/h1-5,8-9,13-14,20H,6-7,10-12,15-17H2. The Labute approximate surface area is 213 Å². The molecule has 10 nitrogen and oxygen atoms in total. The van der Waals surface area contributed by atoms with Crippen molar-refractivity contribution < 1.29 is 28.5 Å². The van der Waals surface area contributed by atoms with Gasteiger partial charge in [-0.25, -0.2) is 9.98 Å². The second kappa shape index (κ2) is 10.3. The molecule has 4 aliphatic rings. The number of hydrogen-bond donors (Lipinski definition) is 0. The molecule has 37 heavy (non-hydrogen) atoms. The summed E-state index contributed by atoms with van der Waals surface area (Å²) in [7, 11) is 0. The molecule has 10 heteroatoms. The van der Waals surface area contributed by atoms with E-state index in [1.807, 2.05) is 41.3 Å². The number of hydrogen-bond acceptors (Lipinski definition) is 9. The highest BCUT2D eigenvalue weighted by molar-refractivity contribution is 6.04. The van der Waals surface area contributed by atoms with Gasteiger partial charge in [0.15, 0.2) is 12.4 Å². The Morgan fingerprint density at radius 3 is 3.05 bits per heavy atom. The highest BCUT2D eigenvalue weighted by atomic mass is 16.6. The van der Waals surface area contributed by atoms with E-state index in [1.165, 1.54) is 0 Å². The van der Waals surface area contributed by atoms with Gasteiger partial charge in [-0.05, 0) is 48.4 Å². The minimum absolute atomic E-state index is 0.169. The maximum Gasteiger partial charge on any atom is 0.268 e. The Bertz CT molecular complexity index is 1320. The highest BCUT2D eigenvalue weighted by Gasteiger charge is 2.27. The Hall–Kier alpha value is -4.34. The van der Waals surface area contributed by atoms with E-state index in [9.17, 15) is 4.79 Å². The van der Waals surface area contributed by atoms with Crippen LogP contribution in [0.25, 0.3) is 5.70 Å². The van der Waals surface area contributed by atoms with Gasteiger partial charge in [-0.15, -0.1) is 0 Å². The number of amides is 1. The van der Waals surface area contributed by atoms with Gasteiger partial charge < -0.3 is 28.6 Å². The lowest BCUT2D eigenvalue weighted by Crippen LogP contribution is -2.32. The van der Waals surface area contributed by atoms with Crippen LogP contribution in [0, 0.1) is 0 Å². The Morgan fingerprint density at radius 2 is 2.14 bits per heavy atom. The molecule has 0 saturated heterocycles. The molecule has 4 aliphatic heterocycles. The topological polar surface area (TPSA) is 104 Å². The molecule has 6 rings (SSSR count). The van der Waals surface area contributed by atoms with Crippen LogP contribution in [0.2, 0.25) is 0 Å². The van der Waals surface area contributed by atoms with Crippen LogP contribution in [0.15, 0.2) is 64.9 Å². The molecular formula is C27H26N4O6. The lowest BCUT2D eigenvalue weighted by molar-refractivity contribution is -0.118. The SMILES string of the molecule is O=C1CN2CCc3cc(OCC4=NC=CCO4)ccc3C2=CC(OCCC2COc3ncccc3O2)=N1. The van der Waals surface area contributed by atoms with E-state index in [4.69, 9.17) is 23.7 Å². The summed E-state index contributed by atoms with van der Waals surface area (Å²) in [6.07, 6.45) is 8.28. The summed E-state index contributed by atoms with van der Waals surface area (Å²) >= 11 is 0. The second-order valence-electron chi connectivity index (χ2n) is 8.87. The number of ether oxygens (including phenoxy) is 5. The first-order valence-corrected chi connectivity index (χ1v) is 12.3. The predicted octanol–water partition coefficient (Wildman–Crippen LogP) is 2.79. The van der Waals surface area contributed by atoms with Crippen LogP contribution in [0.3, 0.4) is 0 Å². The fraction of sp³-hybridized carbons (Fsp3) is 0.333. The number of aliphatic imine (C=N–C) groups is 2. The van der Waals surface area contributed by atoms with Crippen LogP contribution in [0.5, 0.6) is 17.4 Å². The second-order valence-corrected chi connectivity index (χ2v) is 8.87. The zero-order valence-corrected chi connectivity index (χ0v) is 20.2. The summed E-state index contributed by atoms with van der Waals surface area (Å²) < 4.78 is 28.9. The quantitative estimate of drug-likeness (QED) is 0.594. The van der Waals surface area contributed by atoms with Crippen LogP contribution in [-0.4, -0.2) is 73.2 Å². The number of nitrogens with zero attached hydrogens (tertiary/aromatic N) is 4. The minimum atomic E-state index is -0.232. The number of benzene rings is 1. The van der Waals surface area contributed by atoms with Crippen molar-refractivity contribution in [1.82, 2.24) is 9.88 Å². The predicted molar refractivity (Wildman–Crippen MR) is 135 cm³/mol. The first-order chi connectivity index (χ1) is 18.2. The normalized spacial score (nSPS) is 19.9. The van der Waals surface area contributed by atoms with Gasteiger partial charge in [0.05, 0.1) is 18.8 Å². The fourth-order valence-electron chi connectivity index (χ4n) is 4.52. The summed E-state index contributed by atoms with van der Waals surface area (Å²) in [6.45, 7) is 2.42. The molecule has 1 unspecified atom stereocenters. The third kappa shape index (κ3) is 5.28. The van der Waals surface area contributed by atoms with E-state index in [-0.39, 0.29) is 25.2 Å². The van der Waals surface area contributed by atoms with Crippen LogP contribution < -0.4 is 14.2 Å². The van der Waals surface area contributed by atoms with E-state index in [2.05, 4.69) is 15.0 Å². The molecule has 5 heterocycles. The van der Waals surface area contributed by atoms with Crippen molar-refractivity contribution in [2.75, 3.05) is 39.5 Å². The van der Waals surface area contributed by atoms with E-state index in [1.54, 1.807) is 18.5 Å². The number of rotatable bonds is 6. The monoisotopic (exact) mass is 502 g/mol. The van der Waals surface area contributed by atoms with Crippen LogP contribution >= 0.6 is 0 Å². The van der Waals surface area contributed by atoms with Crippen molar-refractivity contribution >= 4 is 23.4 Å². The van der Waals surface area contributed by atoms with Crippen LogP contribution in [0.1, 0.15) is 17.5 Å². The van der Waals surface area contributed by atoms with Gasteiger partial charge in [0.25, 0.3) is 11.8 Å². The molecular weight excluding hydrogens is 476 g/mol. The Balaban J connectivity index is 1.12. The molecule has 0 spiro atoms. The van der Waals surface area contributed by atoms with E-state index < -0.39 is 0 Å². The maximum atomic E-state index is 12.5. The van der Waals surface area contributed by atoms with E-state index in [0.29, 0.717) is 56.2 Å². The third-order valence-electron chi connectivity index (χ3n) is 6.32. The molecule has 1 aromatic heterocycles. The lowest BCUT2D eigenvalue weighted by atomic mass is 9.96. The van der Waals surface area contributed by atoms with Crippen molar-refractivity contribution in [3.8, 4) is 17.4 Å². The van der Waals surface area contributed by atoms with Crippen molar-refractivity contribution in [3.05, 3.63) is 66.0 Å². The van der Waals surface area contributed by atoms with Crippen LogP contribution in [-0.2, 0) is 20.7 Å². The number of carbonyl (C=O) groups is 1. The highest BCUT2D eigenvalue weighted by Crippen LogP contribution is 2.33. The van der Waals surface area contributed by atoms with Gasteiger partial charge in [0.2, 0.25) is 11.8 Å². The molecule has 0 N–H and O–H groups in total. The molecule has 0 saturated carbocycles. The van der Waals surface area contributed by atoms with Crippen molar-refractivity contribution in [2.45, 2.75) is 18.9 Å². The lowest BCUT2D eigenvalue weighted by Gasteiger charge is -2.31. The number of carbonyl (C=O) groups excluding carboxylic acids is 1. The first kappa shape index (κ1) is 23.1. The summed E-state index contributed by atoms with van der Waals surface area (Å²) in [6, 6.07) is 9.59. The molecule has 190 valence electrons. The van der Waals surface area contributed by atoms with Gasteiger partial charge in [-0.2, -0.15) is 4.99 Å². The van der Waals surface area contributed by atoms with Crippen molar-refractivity contribution in [2.24, 2.45) is 9.98 Å². The zero-order valence-electron chi connectivity index (χ0n) is 20.2. The molecule has 1 atom stereocenters. The van der Waals surface area contributed by atoms with E-state index >= 15 is 0 Å². The molecule has 0 bridgehead atoms. The number of aromatic nitrogens is 1. The third-order valence-corrected chi connectivity index (χ3v) is 6.32. The molecule has 0 fully saturated rings.